The Morgan fingerprint density at radius 2 is 1.71 bits per heavy atom. The van der Waals surface area contributed by atoms with Crippen molar-refractivity contribution in [3.05, 3.63) is 59.7 Å². The Morgan fingerprint density at radius 3 is 2.26 bits per heavy atom. The van der Waals surface area contributed by atoms with Gasteiger partial charge in [-0.05, 0) is 53.1 Å². The van der Waals surface area contributed by atoms with Crippen LogP contribution in [0.15, 0.2) is 48.5 Å². The number of amides is 2. The van der Waals surface area contributed by atoms with Gasteiger partial charge < -0.3 is 19.7 Å². The van der Waals surface area contributed by atoms with E-state index in [2.05, 4.69) is 26.1 Å². The number of ether oxygens (including phenoxy) is 2. The first-order chi connectivity index (χ1) is 16.0. The van der Waals surface area contributed by atoms with E-state index in [1.54, 1.807) is 12.0 Å². The summed E-state index contributed by atoms with van der Waals surface area (Å²) in [7, 11) is 1.61. The highest BCUT2D eigenvalue weighted by Crippen LogP contribution is 2.24. The molecule has 0 spiro atoms. The van der Waals surface area contributed by atoms with Crippen LogP contribution in [-0.2, 0) is 21.5 Å². The first kappa shape index (κ1) is 27.2. The summed E-state index contributed by atoms with van der Waals surface area (Å²) in [6.07, 6.45) is 0.500. The minimum absolute atomic E-state index is 0.0413. The van der Waals surface area contributed by atoms with E-state index in [0.29, 0.717) is 30.4 Å². The summed E-state index contributed by atoms with van der Waals surface area (Å²) >= 11 is 0. The molecule has 2 aromatic carbocycles. The Balaban J connectivity index is 2.20. The van der Waals surface area contributed by atoms with Gasteiger partial charge >= 0.3 is 0 Å². The van der Waals surface area contributed by atoms with Gasteiger partial charge in [-0.15, -0.1) is 0 Å². The number of hydrogen-bond donors (Lipinski definition) is 1. The molecule has 0 radical (unpaired) electrons. The molecule has 186 valence electrons. The average Bonchev–Trinajstić information content (AvgIpc) is 2.80. The molecule has 0 saturated heterocycles. The van der Waals surface area contributed by atoms with Crippen LogP contribution in [0, 0.1) is 5.92 Å². The number of carbonyl (C=O) groups excluding carboxylic acids is 2. The molecule has 0 aromatic heterocycles. The van der Waals surface area contributed by atoms with E-state index in [1.165, 1.54) is 5.56 Å². The number of benzene rings is 2. The van der Waals surface area contributed by atoms with Gasteiger partial charge in [0.1, 0.15) is 17.5 Å². The van der Waals surface area contributed by atoms with E-state index in [4.69, 9.17) is 9.47 Å². The van der Waals surface area contributed by atoms with Gasteiger partial charge in [-0.3, -0.25) is 9.59 Å². The molecule has 0 fully saturated rings. The molecular formula is C28H40N2O4. The Labute approximate surface area is 204 Å². The summed E-state index contributed by atoms with van der Waals surface area (Å²) in [4.78, 5) is 27.9. The second-order valence-corrected chi connectivity index (χ2v) is 10.00. The highest BCUT2D eigenvalue weighted by Gasteiger charge is 2.29. The van der Waals surface area contributed by atoms with E-state index in [-0.39, 0.29) is 30.4 Å². The van der Waals surface area contributed by atoms with E-state index >= 15 is 0 Å². The molecule has 2 aromatic rings. The fourth-order valence-corrected chi connectivity index (χ4v) is 3.59. The quantitative estimate of drug-likeness (QED) is 0.507. The van der Waals surface area contributed by atoms with Gasteiger partial charge in [0, 0.05) is 13.1 Å². The molecule has 0 heterocycles. The van der Waals surface area contributed by atoms with Crippen molar-refractivity contribution < 1.29 is 19.1 Å². The minimum atomic E-state index is -0.593. The zero-order valence-corrected chi connectivity index (χ0v) is 21.7. The SMILES string of the molecule is CCC(C(=O)NCC(C)C)N(Cc1cccc(OC)c1)C(=O)COc1ccc(C(C)(C)C)cc1. The number of methoxy groups -OCH3 is 1. The average molecular weight is 469 g/mol. The lowest BCUT2D eigenvalue weighted by Gasteiger charge is -2.31. The van der Waals surface area contributed by atoms with Gasteiger partial charge in [0.15, 0.2) is 6.61 Å². The van der Waals surface area contributed by atoms with Crippen molar-refractivity contribution >= 4 is 11.8 Å². The van der Waals surface area contributed by atoms with E-state index in [0.717, 1.165) is 5.56 Å². The Bertz CT molecular complexity index is 932. The molecular weight excluding hydrogens is 428 g/mol. The second-order valence-electron chi connectivity index (χ2n) is 10.00. The van der Waals surface area contributed by atoms with Gasteiger partial charge in [0.25, 0.3) is 5.91 Å². The normalized spacial score (nSPS) is 12.2. The van der Waals surface area contributed by atoms with Gasteiger partial charge in [0.2, 0.25) is 5.91 Å². The van der Waals surface area contributed by atoms with Gasteiger partial charge in [-0.25, -0.2) is 0 Å². The van der Waals surface area contributed by atoms with Crippen LogP contribution >= 0.6 is 0 Å². The minimum Gasteiger partial charge on any atom is -0.497 e. The predicted molar refractivity (Wildman–Crippen MR) is 136 cm³/mol. The zero-order chi connectivity index (χ0) is 25.3. The fourth-order valence-electron chi connectivity index (χ4n) is 3.59. The summed E-state index contributed by atoms with van der Waals surface area (Å²) in [5.74, 6) is 1.26. The zero-order valence-electron chi connectivity index (χ0n) is 21.7. The molecule has 2 amide bonds. The second kappa shape index (κ2) is 12.4. The summed E-state index contributed by atoms with van der Waals surface area (Å²) < 4.78 is 11.2. The van der Waals surface area contributed by atoms with Crippen molar-refractivity contribution in [1.29, 1.82) is 0 Å². The van der Waals surface area contributed by atoms with Crippen molar-refractivity contribution in [3.63, 3.8) is 0 Å². The molecule has 1 atom stereocenters. The van der Waals surface area contributed by atoms with Crippen LogP contribution in [0.25, 0.3) is 0 Å². The van der Waals surface area contributed by atoms with Crippen molar-refractivity contribution in [2.45, 2.75) is 66.0 Å². The molecule has 1 unspecified atom stereocenters. The Hall–Kier alpha value is -3.02. The maximum absolute atomic E-state index is 13.3. The van der Waals surface area contributed by atoms with Crippen LogP contribution in [0.4, 0.5) is 0 Å². The van der Waals surface area contributed by atoms with Crippen LogP contribution in [0.3, 0.4) is 0 Å². The van der Waals surface area contributed by atoms with Crippen LogP contribution in [-0.4, -0.2) is 43.0 Å². The highest BCUT2D eigenvalue weighted by molar-refractivity contribution is 5.88. The van der Waals surface area contributed by atoms with E-state index in [1.807, 2.05) is 69.3 Å². The molecule has 2 rings (SSSR count). The summed E-state index contributed by atoms with van der Waals surface area (Å²) in [6.45, 7) is 13.2. The maximum Gasteiger partial charge on any atom is 0.261 e. The van der Waals surface area contributed by atoms with Crippen molar-refractivity contribution in [2.24, 2.45) is 5.92 Å². The standard InChI is InChI=1S/C28H40N2O4/c1-8-25(27(32)29-17-20(2)3)30(18-21-10-9-11-24(16-21)33-7)26(31)19-34-23-14-12-22(13-15-23)28(4,5)6/h9-16,20,25H,8,17-19H2,1-7H3,(H,29,32). The number of nitrogens with zero attached hydrogens (tertiary/aromatic N) is 1. The molecule has 0 aliphatic rings. The predicted octanol–water partition coefficient (Wildman–Crippen LogP) is 4.95. The maximum atomic E-state index is 13.3. The van der Waals surface area contributed by atoms with Crippen LogP contribution in [0.5, 0.6) is 11.5 Å². The van der Waals surface area contributed by atoms with Crippen molar-refractivity contribution in [3.8, 4) is 11.5 Å². The lowest BCUT2D eigenvalue weighted by molar-refractivity contribution is -0.143. The fraction of sp³-hybridized carbons (Fsp3) is 0.500. The summed E-state index contributed by atoms with van der Waals surface area (Å²) in [5, 5.41) is 2.97. The van der Waals surface area contributed by atoms with Crippen LogP contribution in [0.1, 0.15) is 59.1 Å². The van der Waals surface area contributed by atoms with Gasteiger partial charge in [-0.2, -0.15) is 0 Å². The largest absolute Gasteiger partial charge is 0.497 e. The summed E-state index contributed by atoms with van der Waals surface area (Å²) in [5.41, 5.74) is 2.12. The smallest absolute Gasteiger partial charge is 0.261 e. The van der Waals surface area contributed by atoms with Gasteiger partial charge in [0.05, 0.1) is 7.11 Å². The molecule has 0 aliphatic carbocycles. The summed E-state index contributed by atoms with van der Waals surface area (Å²) in [6, 6.07) is 14.7. The topological polar surface area (TPSA) is 67.9 Å². The molecule has 6 nitrogen and oxygen atoms in total. The third-order valence-corrected chi connectivity index (χ3v) is 5.64. The first-order valence-electron chi connectivity index (χ1n) is 12.0. The van der Waals surface area contributed by atoms with E-state index in [9.17, 15) is 9.59 Å². The van der Waals surface area contributed by atoms with Crippen LogP contribution in [0.2, 0.25) is 0 Å². The van der Waals surface area contributed by atoms with E-state index < -0.39 is 6.04 Å². The first-order valence-corrected chi connectivity index (χ1v) is 12.0. The third kappa shape index (κ3) is 8.08. The monoisotopic (exact) mass is 468 g/mol. The van der Waals surface area contributed by atoms with Crippen molar-refractivity contribution in [1.82, 2.24) is 10.2 Å². The molecule has 0 aliphatic heterocycles. The molecule has 0 bridgehead atoms. The van der Waals surface area contributed by atoms with Crippen LogP contribution < -0.4 is 14.8 Å². The number of hydrogen-bond acceptors (Lipinski definition) is 4. The number of nitrogens with one attached hydrogen (secondary N) is 1. The number of rotatable bonds is 11. The number of carbonyl (C=O) groups is 2. The molecule has 0 saturated carbocycles. The van der Waals surface area contributed by atoms with Gasteiger partial charge in [-0.1, -0.05) is 65.8 Å². The molecule has 34 heavy (non-hydrogen) atoms. The Kier molecular flexibility index (Phi) is 9.97. The molecule has 1 N–H and O–H groups in total. The Morgan fingerprint density at radius 1 is 1.03 bits per heavy atom. The third-order valence-electron chi connectivity index (χ3n) is 5.64. The highest BCUT2D eigenvalue weighted by atomic mass is 16.5. The van der Waals surface area contributed by atoms with Crippen molar-refractivity contribution in [2.75, 3.05) is 20.3 Å². The lowest BCUT2D eigenvalue weighted by Crippen LogP contribution is -2.50. The molecule has 6 heteroatoms. The lowest BCUT2D eigenvalue weighted by atomic mass is 9.87.